The van der Waals surface area contributed by atoms with Gasteiger partial charge in [-0.1, -0.05) is 0 Å². The number of alkyl halides is 3. The van der Waals surface area contributed by atoms with Crippen molar-refractivity contribution in [3.05, 3.63) is 0 Å². The molecule has 0 atom stereocenters. The molecule has 19 heavy (non-hydrogen) atoms. The summed E-state index contributed by atoms with van der Waals surface area (Å²) in [7, 11) is 0. The second-order valence-corrected chi connectivity index (χ2v) is 5.86. The number of rotatable bonds is 2. The largest absolute Gasteiger partial charge is 0.405 e. The Morgan fingerprint density at radius 3 is 2.26 bits per heavy atom. The third-order valence-electron chi connectivity index (χ3n) is 4.54. The van der Waals surface area contributed by atoms with Crippen LogP contribution in [0.5, 0.6) is 0 Å². The second kappa shape index (κ2) is 5.69. The van der Waals surface area contributed by atoms with Crippen molar-refractivity contribution in [2.24, 2.45) is 11.3 Å². The Bertz CT molecular complexity index is 314. The van der Waals surface area contributed by atoms with Crippen LogP contribution >= 0.6 is 0 Å². The van der Waals surface area contributed by atoms with Crippen LogP contribution in [0.25, 0.3) is 0 Å². The Labute approximate surface area is 111 Å². The maximum Gasteiger partial charge on any atom is 0.405 e. The fraction of sp³-hybridized carbons (Fsp3) is 0.923. The van der Waals surface area contributed by atoms with Gasteiger partial charge in [0.1, 0.15) is 6.54 Å². The first-order valence-corrected chi connectivity index (χ1v) is 6.95. The van der Waals surface area contributed by atoms with E-state index >= 15 is 0 Å². The lowest BCUT2D eigenvalue weighted by Crippen LogP contribution is -2.43. The Balaban J connectivity index is 1.77. The molecule has 1 saturated carbocycles. The molecular formula is C13H21F3N2O. The zero-order chi connectivity index (χ0) is 13.9. The fourth-order valence-electron chi connectivity index (χ4n) is 3.28. The fourth-order valence-corrected chi connectivity index (χ4v) is 3.28. The van der Waals surface area contributed by atoms with E-state index < -0.39 is 18.6 Å². The van der Waals surface area contributed by atoms with Gasteiger partial charge in [0.2, 0.25) is 5.91 Å². The normalized spacial score (nSPS) is 24.4. The summed E-state index contributed by atoms with van der Waals surface area (Å²) in [5.41, 5.74) is 0.339. The number of halogens is 3. The predicted octanol–water partition coefficient (Wildman–Crippen LogP) is 2.22. The van der Waals surface area contributed by atoms with Crippen molar-refractivity contribution in [3.8, 4) is 0 Å². The van der Waals surface area contributed by atoms with Crippen molar-refractivity contribution in [1.29, 1.82) is 0 Å². The van der Waals surface area contributed by atoms with E-state index in [1.165, 1.54) is 0 Å². The first-order chi connectivity index (χ1) is 8.90. The Kier molecular flexibility index (Phi) is 4.38. The van der Waals surface area contributed by atoms with Gasteiger partial charge in [0.25, 0.3) is 0 Å². The molecule has 1 spiro atoms. The van der Waals surface area contributed by atoms with Crippen molar-refractivity contribution in [2.75, 3.05) is 19.6 Å². The molecule has 0 aromatic heterocycles. The van der Waals surface area contributed by atoms with Gasteiger partial charge in [-0.3, -0.25) is 4.79 Å². The molecule has 0 aromatic carbocycles. The van der Waals surface area contributed by atoms with Crippen LogP contribution in [-0.2, 0) is 4.79 Å². The number of hydrogen-bond donors (Lipinski definition) is 2. The van der Waals surface area contributed by atoms with Crippen LogP contribution in [0, 0.1) is 11.3 Å². The number of nitrogens with one attached hydrogen (secondary N) is 2. The average Bonchev–Trinajstić information content (AvgIpc) is 2.37. The first-order valence-electron chi connectivity index (χ1n) is 6.95. The summed E-state index contributed by atoms with van der Waals surface area (Å²) in [5, 5.41) is 5.33. The maximum absolute atomic E-state index is 12.0. The SMILES string of the molecule is O=C(NCC(F)(F)F)C1CCC2(CCNCC2)CC1. The van der Waals surface area contributed by atoms with E-state index in [1.54, 1.807) is 0 Å². The van der Waals surface area contributed by atoms with Crippen LogP contribution in [0.2, 0.25) is 0 Å². The lowest BCUT2D eigenvalue weighted by atomic mass is 9.65. The van der Waals surface area contributed by atoms with Crippen molar-refractivity contribution >= 4 is 5.91 Å². The van der Waals surface area contributed by atoms with Gasteiger partial charge in [0.15, 0.2) is 0 Å². The molecule has 2 fully saturated rings. The molecule has 1 heterocycles. The van der Waals surface area contributed by atoms with E-state index in [4.69, 9.17) is 0 Å². The standard InChI is InChI=1S/C13H21F3N2O/c14-13(15,16)9-18-11(19)10-1-3-12(4-2-10)5-7-17-8-6-12/h10,17H,1-9H2,(H,18,19). The lowest BCUT2D eigenvalue weighted by Gasteiger charge is -2.42. The molecule has 0 radical (unpaired) electrons. The van der Waals surface area contributed by atoms with Gasteiger partial charge < -0.3 is 10.6 Å². The smallest absolute Gasteiger partial charge is 0.347 e. The Morgan fingerprint density at radius 2 is 1.74 bits per heavy atom. The molecule has 6 heteroatoms. The number of amides is 1. The molecule has 2 aliphatic rings. The van der Waals surface area contributed by atoms with Gasteiger partial charge in [-0.25, -0.2) is 0 Å². The monoisotopic (exact) mass is 278 g/mol. The topological polar surface area (TPSA) is 41.1 Å². The van der Waals surface area contributed by atoms with E-state index in [0.29, 0.717) is 5.41 Å². The van der Waals surface area contributed by atoms with E-state index in [0.717, 1.165) is 51.6 Å². The maximum atomic E-state index is 12.0. The molecule has 3 nitrogen and oxygen atoms in total. The molecule has 110 valence electrons. The van der Waals surface area contributed by atoms with Crippen molar-refractivity contribution in [3.63, 3.8) is 0 Å². The number of carbonyl (C=O) groups is 1. The summed E-state index contributed by atoms with van der Waals surface area (Å²) in [4.78, 5) is 11.7. The minimum atomic E-state index is -4.32. The van der Waals surface area contributed by atoms with Crippen LogP contribution < -0.4 is 10.6 Å². The second-order valence-electron chi connectivity index (χ2n) is 5.86. The van der Waals surface area contributed by atoms with Crippen LogP contribution in [-0.4, -0.2) is 31.7 Å². The molecular weight excluding hydrogens is 257 g/mol. The van der Waals surface area contributed by atoms with Gasteiger partial charge in [0, 0.05) is 5.92 Å². The summed E-state index contributed by atoms with van der Waals surface area (Å²) < 4.78 is 36.1. The van der Waals surface area contributed by atoms with Crippen LogP contribution in [0.3, 0.4) is 0 Å². The minimum Gasteiger partial charge on any atom is -0.347 e. The summed E-state index contributed by atoms with van der Waals surface area (Å²) >= 11 is 0. The highest BCUT2D eigenvalue weighted by Gasteiger charge is 2.38. The molecule has 2 N–H and O–H groups in total. The molecule has 0 bridgehead atoms. The Hall–Kier alpha value is -0.780. The molecule has 1 aliphatic heterocycles. The molecule has 1 saturated heterocycles. The molecule has 2 rings (SSSR count). The van der Waals surface area contributed by atoms with Gasteiger partial charge in [0.05, 0.1) is 0 Å². The molecule has 0 aromatic rings. The molecule has 0 unspecified atom stereocenters. The third kappa shape index (κ3) is 4.09. The van der Waals surface area contributed by atoms with Gasteiger partial charge in [-0.15, -0.1) is 0 Å². The lowest BCUT2D eigenvalue weighted by molar-refractivity contribution is -0.142. The van der Waals surface area contributed by atoms with Crippen LogP contribution in [0.15, 0.2) is 0 Å². The third-order valence-corrected chi connectivity index (χ3v) is 4.54. The van der Waals surface area contributed by atoms with Crippen LogP contribution in [0.1, 0.15) is 38.5 Å². The molecule has 1 aliphatic carbocycles. The summed E-state index contributed by atoms with van der Waals surface area (Å²) in [6.45, 7) is 0.827. The van der Waals surface area contributed by atoms with Crippen molar-refractivity contribution in [2.45, 2.75) is 44.7 Å². The molecule has 1 amide bonds. The van der Waals surface area contributed by atoms with Crippen molar-refractivity contribution < 1.29 is 18.0 Å². The first kappa shape index (κ1) is 14.6. The van der Waals surface area contributed by atoms with Crippen LogP contribution in [0.4, 0.5) is 13.2 Å². The summed E-state index contributed by atoms with van der Waals surface area (Å²) in [6, 6.07) is 0. The highest BCUT2D eigenvalue weighted by molar-refractivity contribution is 5.78. The highest BCUT2D eigenvalue weighted by atomic mass is 19.4. The summed E-state index contributed by atoms with van der Waals surface area (Å²) in [5.74, 6) is -0.663. The quantitative estimate of drug-likeness (QED) is 0.813. The van der Waals surface area contributed by atoms with Gasteiger partial charge in [-0.2, -0.15) is 13.2 Å². The summed E-state index contributed by atoms with van der Waals surface area (Å²) in [6.07, 6.45) is 1.33. The van der Waals surface area contributed by atoms with E-state index in [9.17, 15) is 18.0 Å². The Morgan fingerprint density at radius 1 is 1.16 bits per heavy atom. The minimum absolute atomic E-state index is 0.233. The highest BCUT2D eigenvalue weighted by Crippen LogP contribution is 2.45. The zero-order valence-electron chi connectivity index (χ0n) is 11.0. The van der Waals surface area contributed by atoms with E-state index in [2.05, 4.69) is 5.32 Å². The van der Waals surface area contributed by atoms with E-state index in [-0.39, 0.29) is 5.92 Å². The predicted molar refractivity (Wildman–Crippen MR) is 65.6 cm³/mol. The average molecular weight is 278 g/mol. The number of hydrogen-bond acceptors (Lipinski definition) is 2. The zero-order valence-corrected chi connectivity index (χ0v) is 11.0. The van der Waals surface area contributed by atoms with E-state index in [1.807, 2.05) is 5.32 Å². The van der Waals surface area contributed by atoms with Crippen molar-refractivity contribution in [1.82, 2.24) is 10.6 Å². The number of piperidine rings is 1. The van der Waals surface area contributed by atoms with Gasteiger partial charge in [-0.05, 0) is 57.0 Å². The number of carbonyl (C=O) groups excluding carboxylic acids is 1. The van der Waals surface area contributed by atoms with Gasteiger partial charge >= 0.3 is 6.18 Å².